The summed E-state index contributed by atoms with van der Waals surface area (Å²) in [7, 11) is 1.50. The molecule has 1 amide bonds. The van der Waals surface area contributed by atoms with Crippen LogP contribution in [0.25, 0.3) is 0 Å². The molecule has 1 aromatic carbocycles. The van der Waals surface area contributed by atoms with Crippen molar-refractivity contribution in [3.63, 3.8) is 0 Å². The molecule has 0 aliphatic heterocycles. The average molecular weight is 225 g/mol. The fourth-order valence-electron chi connectivity index (χ4n) is 1.43. The zero-order valence-corrected chi connectivity index (χ0v) is 9.71. The van der Waals surface area contributed by atoms with Crippen LogP contribution in [0.1, 0.15) is 19.4 Å². The maximum absolute atomic E-state index is 13.0. The highest BCUT2D eigenvalue weighted by molar-refractivity contribution is 5.79. The van der Waals surface area contributed by atoms with Crippen molar-refractivity contribution in [3.8, 4) is 5.75 Å². The van der Waals surface area contributed by atoms with Gasteiger partial charge >= 0.3 is 0 Å². The minimum absolute atomic E-state index is 0.0760. The molecule has 0 aromatic heterocycles. The van der Waals surface area contributed by atoms with Gasteiger partial charge in [0.05, 0.1) is 13.5 Å². The molecule has 88 valence electrons. The predicted molar refractivity (Wildman–Crippen MR) is 59.9 cm³/mol. The maximum atomic E-state index is 13.0. The van der Waals surface area contributed by atoms with Crippen molar-refractivity contribution >= 4 is 5.91 Å². The van der Waals surface area contributed by atoms with Crippen LogP contribution < -0.4 is 10.1 Å². The summed E-state index contributed by atoms with van der Waals surface area (Å²) in [4.78, 5) is 11.5. The molecular formula is C12H16FNO2. The van der Waals surface area contributed by atoms with Gasteiger partial charge in [0, 0.05) is 11.6 Å². The van der Waals surface area contributed by atoms with Gasteiger partial charge in [-0.15, -0.1) is 0 Å². The molecule has 0 fully saturated rings. The van der Waals surface area contributed by atoms with E-state index >= 15 is 0 Å². The minimum Gasteiger partial charge on any atom is -0.496 e. The summed E-state index contributed by atoms with van der Waals surface area (Å²) >= 11 is 0. The molecule has 1 N–H and O–H groups in total. The molecule has 0 saturated heterocycles. The summed E-state index contributed by atoms with van der Waals surface area (Å²) in [5.74, 6) is 0.0207. The summed E-state index contributed by atoms with van der Waals surface area (Å²) in [6, 6.07) is 4.22. The van der Waals surface area contributed by atoms with Crippen LogP contribution in [0.3, 0.4) is 0 Å². The lowest BCUT2D eigenvalue weighted by atomic mass is 10.1. The van der Waals surface area contributed by atoms with Crippen LogP contribution in [-0.2, 0) is 11.2 Å². The van der Waals surface area contributed by atoms with Gasteiger partial charge in [0.1, 0.15) is 11.6 Å². The number of nitrogens with one attached hydrogen (secondary N) is 1. The van der Waals surface area contributed by atoms with Crippen LogP contribution >= 0.6 is 0 Å². The van der Waals surface area contributed by atoms with E-state index in [1.807, 2.05) is 13.8 Å². The van der Waals surface area contributed by atoms with Crippen LogP contribution in [0.2, 0.25) is 0 Å². The Bertz CT molecular complexity index is 377. The van der Waals surface area contributed by atoms with Crippen LogP contribution in [0.15, 0.2) is 18.2 Å². The summed E-state index contributed by atoms with van der Waals surface area (Å²) in [5.41, 5.74) is 0.556. The molecule has 0 aliphatic rings. The number of carbonyl (C=O) groups excluding carboxylic acids is 1. The van der Waals surface area contributed by atoms with E-state index in [1.54, 1.807) is 0 Å². The average Bonchev–Trinajstić information content (AvgIpc) is 2.16. The fraction of sp³-hybridized carbons (Fsp3) is 0.417. The third-order valence-electron chi connectivity index (χ3n) is 2.04. The molecule has 3 nitrogen and oxygen atoms in total. The Labute approximate surface area is 94.6 Å². The van der Waals surface area contributed by atoms with E-state index in [2.05, 4.69) is 5.32 Å². The molecule has 0 bridgehead atoms. The second-order valence-electron chi connectivity index (χ2n) is 3.86. The van der Waals surface area contributed by atoms with E-state index in [9.17, 15) is 9.18 Å². The summed E-state index contributed by atoms with van der Waals surface area (Å²) < 4.78 is 18.1. The molecule has 0 aliphatic carbocycles. The number of hydrogen-bond acceptors (Lipinski definition) is 2. The van der Waals surface area contributed by atoms with Gasteiger partial charge in [-0.05, 0) is 32.0 Å². The molecule has 4 heteroatoms. The Morgan fingerprint density at radius 2 is 2.19 bits per heavy atom. The van der Waals surface area contributed by atoms with E-state index in [1.165, 1.54) is 25.3 Å². The molecule has 0 unspecified atom stereocenters. The summed E-state index contributed by atoms with van der Waals surface area (Å²) in [6.07, 6.45) is 0.124. The van der Waals surface area contributed by atoms with Crippen molar-refractivity contribution in [2.45, 2.75) is 26.3 Å². The van der Waals surface area contributed by atoms with Gasteiger partial charge < -0.3 is 10.1 Å². The van der Waals surface area contributed by atoms with E-state index in [0.717, 1.165) is 0 Å². The fourth-order valence-corrected chi connectivity index (χ4v) is 1.43. The molecular weight excluding hydrogens is 209 g/mol. The quantitative estimate of drug-likeness (QED) is 0.850. The maximum Gasteiger partial charge on any atom is 0.224 e. The van der Waals surface area contributed by atoms with Crippen molar-refractivity contribution in [2.75, 3.05) is 7.11 Å². The third kappa shape index (κ3) is 3.53. The third-order valence-corrected chi connectivity index (χ3v) is 2.04. The zero-order valence-electron chi connectivity index (χ0n) is 9.71. The first kappa shape index (κ1) is 12.5. The molecule has 0 atom stereocenters. The van der Waals surface area contributed by atoms with Crippen LogP contribution in [0.4, 0.5) is 4.39 Å². The van der Waals surface area contributed by atoms with Crippen molar-refractivity contribution in [1.29, 1.82) is 0 Å². The lowest BCUT2D eigenvalue weighted by molar-refractivity contribution is -0.120. The summed E-state index contributed by atoms with van der Waals surface area (Å²) in [5, 5.41) is 2.75. The number of halogens is 1. The first-order chi connectivity index (χ1) is 7.52. The number of methoxy groups -OCH3 is 1. The Balaban J connectivity index is 2.79. The number of benzene rings is 1. The lowest BCUT2D eigenvalue weighted by Gasteiger charge is -2.10. The van der Waals surface area contributed by atoms with Gasteiger partial charge in [-0.3, -0.25) is 4.79 Å². The lowest BCUT2D eigenvalue weighted by Crippen LogP contribution is -2.31. The molecule has 1 aromatic rings. The molecule has 1 rings (SSSR count). The normalized spacial score (nSPS) is 10.3. The van der Waals surface area contributed by atoms with E-state index in [4.69, 9.17) is 4.74 Å². The number of carbonyl (C=O) groups is 1. The standard InChI is InChI=1S/C12H16FNO2/c1-8(2)14-12(15)7-9-6-10(13)4-5-11(9)16-3/h4-6,8H,7H2,1-3H3,(H,14,15). The SMILES string of the molecule is COc1ccc(F)cc1CC(=O)NC(C)C. The van der Waals surface area contributed by atoms with Crippen LogP contribution in [0.5, 0.6) is 5.75 Å². The first-order valence-electron chi connectivity index (χ1n) is 5.14. The largest absolute Gasteiger partial charge is 0.496 e. The van der Waals surface area contributed by atoms with Gasteiger partial charge in [0.25, 0.3) is 0 Å². The topological polar surface area (TPSA) is 38.3 Å². The number of rotatable bonds is 4. The molecule has 0 radical (unpaired) electrons. The van der Waals surface area contributed by atoms with Gasteiger partial charge in [0.15, 0.2) is 0 Å². The summed E-state index contributed by atoms with van der Waals surface area (Å²) in [6.45, 7) is 3.75. The second-order valence-corrected chi connectivity index (χ2v) is 3.86. The molecule has 0 spiro atoms. The van der Waals surface area contributed by atoms with Crippen molar-refractivity contribution in [2.24, 2.45) is 0 Å². The monoisotopic (exact) mass is 225 g/mol. The van der Waals surface area contributed by atoms with Gasteiger partial charge in [-0.2, -0.15) is 0 Å². The highest BCUT2D eigenvalue weighted by Crippen LogP contribution is 2.19. The Hall–Kier alpha value is -1.58. The van der Waals surface area contributed by atoms with E-state index < -0.39 is 0 Å². The van der Waals surface area contributed by atoms with E-state index in [-0.39, 0.29) is 24.2 Å². The number of amides is 1. The Kier molecular flexibility index (Phi) is 4.28. The van der Waals surface area contributed by atoms with Gasteiger partial charge in [-0.25, -0.2) is 4.39 Å². The van der Waals surface area contributed by atoms with Crippen LogP contribution in [0, 0.1) is 5.82 Å². The highest BCUT2D eigenvalue weighted by atomic mass is 19.1. The van der Waals surface area contributed by atoms with Gasteiger partial charge in [0.2, 0.25) is 5.91 Å². The smallest absolute Gasteiger partial charge is 0.224 e. The molecule has 0 saturated carbocycles. The van der Waals surface area contributed by atoms with Crippen molar-refractivity contribution < 1.29 is 13.9 Å². The zero-order chi connectivity index (χ0) is 12.1. The first-order valence-corrected chi connectivity index (χ1v) is 5.14. The molecule has 16 heavy (non-hydrogen) atoms. The van der Waals surface area contributed by atoms with Crippen LogP contribution in [-0.4, -0.2) is 19.1 Å². The minimum atomic E-state index is -0.367. The predicted octanol–water partition coefficient (Wildman–Crippen LogP) is 1.90. The number of ether oxygens (including phenoxy) is 1. The Morgan fingerprint density at radius 3 is 2.75 bits per heavy atom. The van der Waals surface area contributed by atoms with Crippen molar-refractivity contribution in [3.05, 3.63) is 29.6 Å². The van der Waals surface area contributed by atoms with Gasteiger partial charge in [-0.1, -0.05) is 0 Å². The second kappa shape index (κ2) is 5.49. The highest BCUT2D eigenvalue weighted by Gasteiger charge is 2.10. The molecule has 0 heterocycles. The number of hydrogen-bond donors (Lipinski definition) is 1. The van der Waals surface area contributed by atoms with E-state index in [0.29, 0.717) is 11.3 Å². The van der Waals surface area contributed by atoms with Crippen molar-refractivity contribution in [1.82, 2.24) is 5.32 Å². The Morgan fingerprint density at radius 1 is 1.50 bits per heavy atom.